The Morgan fingerprint density at radius 2 is 1.35 bits per heavy atom. The molecule has 1 aromatic rings. The molecular formula is C29H47NO4. The second kappa shape index (κ2) is 17.3. The van der Waals surface area contributed by atoms with Crippen molar-refractivity contribution in [1.29, 1.82) is 0 Å². The number of benzene rings is 1. The van der Waals surface area contributed by atoms with Crippen molar-refractivity contribution < 1.29 is 19.5 Å². The first-order chi connectivity index (χ1) is 16.3. The van der Waals surface area contributed by atoms with Gasteiger partial charge in [0, 0.05) is 17.8 Å². The molecule has 2 N–H and O–H groups in total. The van der Waals surface area contributed by atoms with Crippen LogP contribution in [0.4, 0.5) is 5.69 Å². The van der Waals surface area contributed by atoms with Gasteiger partial charge < -0.3 is 10.4 Å². The van der Waals surface area contributed by atoms with Gasteiger partial charge in [-0.3, -0.25) is 14.4 Å². The third kappa shape index (κ3) is 12.3. The van der Waals surface area contributed by atoms with Crippen LogP contribution in [-0.2, 0) is 16.0 Å². The van der Waals surface area contributed by atoms with Crippen LogP contribution in [0, 0.1) is 5.41 Å². The van der Waals surface area contributed by atoms with Crippen LogP contribution in [0.5, 0.6) is 0 Å². The van der Waals surface area contributed by atoms with Crippen LogP contribution in [0.3, 0.4) is 0 Å². The first-order valence-corrected chi connectivity index (χ1v) is 13.4. The molecule has 0 radical (unpaired) electrons. The van der Waals surface area contributed by atoms with Crippen molar-refractivity contribution >= 4 is 23.7 Å². The van der Waals surface area contributed by atoms with Crippen molar-refractivity contribution in [3.8, 4) is 0 Å². The highest BCUT2D eigenvalue weighted by Crippen LogP contribution is 2.27. The van der Waals surface area contributed by atoms with Crippen molar-refractivity contribution in [2.45, 2.75) is 117 Å². The highest BCUT2D eigenvalue weighted by Gasteiger charge is 2.29. The Morgan fingerprint density at radius 1 is 0.853 bits per heavy atom. The molecule has 0 aliphatic rings. The third-order valence-corrected chi connectivity index (χ3v) is 6.55. The molecule has 0 aliphatic carbocycles. The highest BCUT2D eigenvalue weighted by atomic mass is 16.4. The van der Waals surface area contributed by atoms with Gasteiger partial charge in [0.15, 0.2) is 6.29 Å². The Morgan fingerprint density at radius 3 is 1.82 bits per heavy atom. The van der Waals surface area contributed by atoms with Gasteiger partial charge >= 0.3 is 5.97 Å². The van der Waals surface area contributed by atoms with Crippen molar-refractivity contribution in [3.05, 3.63) is 29.3 Å². The Kier molecular flexibility index (Phi) is 15.2. The number of aldehydes is 1. The van der Waals surface area contributed by atoms with Gasteiger partial charge in [-0.2, -0.15) is 0 Å². The maximum atomic E-state index is 12.0. The molecule has 0 fully saturated rings. The maximum Gasteiger partial charge on any atom is 0.309 e. The summed E-state index contributed by atoms with van der Waals surface area (Å²) in [6.07, 6.45) is 19.1. The molecular weight excluding hydrogens is 426 g/mol. The largest absolute Gasteiger partial charge is 0.481 e. The van der Waals surface area contributed by atoms with Crippen LogP contribution in [0.15, 0.2) is 18.2 Å². The zero-order valence-electron chi connectivity index (χ0n) is 21.8. The van der Waals surface area contributed by atoms with E-state index in [2.05, 4.69) is 12.2 Å². The van der Waals surface area contributed by atoms with Crippen LogP contribution in [0.1, 0.15) is 127 Å². The lowest BCUT2D eigenvalue weighted by Gasteiger charge is -2.21. The minimum atomic E-state index is -1.02. The molecule has 0 saturated heterocycles. The lowest BCUT2D eigenvalue weighted by atomic mass is 9.83. The number of aliphatic carboxylic acids is 1. The van der Waals surface area contributed by atoms with E-state index in [1.807, 2.05) is 6.07 Å². The monoisotopic (exact) mass is 473 g/mol. The van der Waals surface area contributed by atoms with Crippen molar-refractivity contribution in [2.24, 2.45) is 5.41 Å². The van der Waals surface area contributed by atoms with Gasteiger partial charge in [0.25, 0.3) is 0 Å². The summed E-state index contributed by atoms with van der Waals surface area (Å²) in [7, 11) is 0. The summed E-state index contributed by atoms with van der Waals surface area (Å²) in [6, 6.07) is 5.22. The molecule has 0 spiro atoms. The molecule has 5 heteroatoms. The smallest absolute Gasteiger partial charge is 0.309 e. The van der Waals surface area contributed by atoms with Crippen molar-refractivity contribution in [3.63, 3.8) is 0 Å². The number of anilines is 1. The molecule has 0 saturated carbocycles. The lowest BCUT2D eigenvalue weighted by Crippen LogP contribution is -2.27. The van der Waals surface area contributed by atoms with Gasteiger partial charge in [-0.05, 0) is 50.5 Å². The van der Waals surface area contributed by atoms with E-state index < -0.39 is 17.2 Å². The molecule has 1 aromatic carbocycles. The number of rotatable bonds is 21. The van der Waals surface area contributed by atoms with E-state index in [0.29, 0.717) is 5.56 Å². The van der Waals surface area contributed by atoms with Gasteiger partial charge in [0.2, 0.25) is 5.78 Å². The lowest BCUT2D eigenvalue weighted by molar-refractivity contribution is -0.146. The van der Waals surface area contributed by atoms with Gasteiger partial charge in [-0.15, -0.1) is 0 Å². The first kappa shape index (κ1) is 29.9. The Hall–Kier alpha value is -2.17. The number of nitrogens with one attached hydrogen (secondary N) is 1. The summed E-state index contributed by atoms with van der Waals surface area (Å²) in [5.41, 5.74) is 0.709. The summed E-state index contributed by atoms with van der Waals surface area (Å²) in [4.78, 5) is 34.5. The summed E-state index contributed by atoms with van der Waals surface area (Å²) in [6.45, 7) is 6.35. The number of ketones is 1. The fourth-order valence-electron chi connectivity index (χ4n) is 4.26. The molecule has 5 nitrogen and oxygen atoms in total. The second-order valence-corrected chi connectivity index (χ2v) is 10.2. The van der Waals surface area contributed by atoms with Gasteiger partial charge in [-0.1, -0.05) is 90.4 Å². The number of carboxylic acid groups (broad SMARTS) is 1. The second-order valence-electron chi connectivity index (χ2n) is 10.2. The van der Waals surface area contributed by atoms with E-state index >= 15 is 0 Å². The summed E-state index contributed by atoms with van der Waals surface area (Å²) in [5.74, 6) is -1.55. The van der Waals surface area contributed by atoms with Crippen LogP contribution in [-0.4, -0.2) is 29.7 Å². The molecule has 0 atom stereocenters. The quantitative estimate of drug-likeness (QED) is 0.0830. The van der Waals surface area contributed by atoms with E-state index in [4.69, 9.17) is 0 Å². The van der Waals surface area contributed by atoms with Crippen molar-refractivity contribution in [1.82, 2.24) is 0 Å². The molecule has 0 unspecified atom stereocenters. The van der Waals surface area contributed by atoms with E-state index in [1.54, 1.807) is 26.0 Å². The number of carbonyl (C=O) groups is 3. The van der Waals surface area contributed by atoms with E-state index in [9.17, 15) is 19.5 Å². The minimum Gasteiger partial charge on any atom is -0.481 e. The molecule has 0 heterocycles. The SMILES string of the molecule is CCCCCCCCCCCCCCCCNc1ccc(C(=O)C=O)c(CC(C)(C)C(=O)O)c1. The predicted octanol–water partition coefficient (Wildman–Crippen LogP) is 7.61. The summed E-state index contributed by atoms with van der Waals surface area (Å²) < 4.78 is 0. The maximum absolute atomic E-state index is 12.0. The molecule has 1 rings (SSSR count). The minimum absolute atomic E-state index is 0.186. The first-order valence-electron chi connectivity index (χ1n) is 13.4. The average Bonchev–Trinajstić information content (AvgIpc) is 2.81. The van der Waals surface area contributed by atoms with Gasteiger partial charge in [-0.25, -0.2) is 0 Å². The Bertz CT molecular complexity index is 742. The van der Waals surface area contributed by atoms with Crippen molar-refractivity contribution in [2.75, 3.05) is 11.9 Å². The number of unbranched alkanes of at least 4 members (excludes halogenated alkanes) is 13. The number of hydrogen-bond donors (Lipinski definition) is 2. The molecule has 34 heavy (non-hydrogen) atoms. The summed E-state index contributed by atoms with van der Waals surface area (Å²) in [5, 5.41) is 12.8. The standard InChI is InChI=1S/C29H47NO4/c1-4-5-6-7-8-9-10-11-12-13-14-15-16-17-20-30-25-18-19-26(27(32)23-31)24(21-25)22-29(2,3)28(33)34/h18-19,21,23,30H,4-17,20,22H2,1-3H3,(H,33,34). The highest BCUT2D eigenvalue weighted by molar-refractivity contribution is 6.33. The van der Waals surface area contributed by atoms with E-state index in [0.717, 1.165) is 18.7 Å². The summed E-state index contributed by atoms with van der Waals surface area (Å²) >= 11 is 0. The normalized spacial score (nSPS) is 11.4. The number of carboxylic acids is 1. The van der Waals surface area contributed by atoms with Crippen LogP contribution < -0.4 is 5.32 Å². The fourth-order valence-corrected chi connectivity index (χ4v) is 4.26. The zero-order valence-corrected chi connectivity index (χ0v) is 21.8. The molecule has 0 aromatic heterocycles. The predicted molar refractivity (Wildman–Crippen MR) is 141 cm³/mol. The van der Waals surface area contributed by atoms with Crippen LogP contribution in [0.25, 0.3) is 0 Å². The van der Waals surface area contributed by atoms with E-state index in [-0.39, 0.29) is 18.3 Å². The van der Waals surface area contributed by atoms with Gasteiger partial charge in [0.05, 0.1) is 5.41 Å². The molecule has 0 bridgehead atoms. The Balaban J connectivity index is 2.26. The number of hydrogen-bond acceptors (Lipinski definition) is 4. The van der Waals surface area contributed by atoms with Crippen LogP contribution >= 0.6 is 0 Å². The van der Waals surface area contributed by atoms with Gasteiger partial charge in [0.1, 0.15) is 0 Å². The van der Waals surface area contributed by atoms with Crippen LogP contribution in [0.2, 0.25) is 0 Å². The average molecular weight is 474 g/mol. The Labute approximate surface area is 207 Å². The molecule has 0 aliphatic heterocycles. The zero-order chi connectivity index (χ0) is 25.2. The molecule has 192 valence electrons. The van der Waals surface area contributed by atoms with E-state index in [1.165, 1.54) is 83.5 Å². The number of Topliss-reactive ketones (excluding diaryl/α,β-unsaturated/α-hetero) is 1. The third-order valence-electron chi connectivity index (χ3n) is 6.55. The topological polar surface area (TPSA) is 83.5 Å². The fraction of sp³-hybridized carbons (Fsp3) is 0.690. The number of carbonyl (C=O) groups excluding carboxylic acids is 2. The molecule has 0 amide bonds.